The van der Waals surface area contributed by atoms with Gasteiger partial charge in [0.05, 0.1) is 11.5 Å². The predicted molar refractivity (Wildman–Crippen MR) is 96.9 cm³/mol. The highest BCUT2D eigenvalue weighted by atomic mass is 16.6. The van der Waals surface area contributed by atoms with E-state index in [1.165, 1.54) is 12.1 Å². The first-order valence-corrected chi connectivity index (χ1v) is 8.44. The number of ketones is 1. The smallest absolute Gasteiger partial charge is 0.311 e. The maximum atomic E-state index is 12.8. The second-order valence-electron chi connectivity index (χ2n) is 7.37. The Labute approximate surface area is 151 Å². The van der Waals surface area contributed by atoms with Crippen molar-refractivity contribution in [2.75, 3.05) is 13.2 Å². The Kier molecular flexibility index (Phi) is 4.78. The van der Waals surface area contributed by atoms with Gasteiger partial charge in [-0.25, -0.2) is 0 Å². The second-order valence-corrected chi connectivity index (χ2v) is 7.37. The highest BCUT2D eigenvalue weighted by molar-refractivity contribution is 6.09. The van der Waals surface area contributed by atoms with Crippen LogP contribution in [0.5, 0.6) is 5.75 Å². The normalized spacial score (nSPS) is 16.2. The van der Waals surface area contributed by atoms with E-state index in [9.17, 15) is 14.9 Å². The van der Waals surface area contributed by atoms with Crippen molar-refractivity contribution in [2.24, 2.45) is 0 Å². The van der Waals surface area contributed by atoms with E-state index in [2.05, 4.69) is 20.8 Å². The Hall–Kier alpha value is -2.73. The Balaban J connectivity index is 1.89. The van der Waals surface area contributed by atoms with Crippen LogP contribution in [0.15, 0.2) is 42.5 Å². The molecular formula is C20H21NO5. The van der Waals surface area contributed by atoms with Gasteiger partial charge in [-0.2, -0.15) is 0 Å². The van der Waals surface area contributed by atoms with E-state index in [4.69, 9.17) is 9.47 Å². The lowest BCUT2D eigenvalue weighted by molar-refractivity contribution is -0.385. The summed E-state index contributed by atoms with van der Waals surface area (Å²) in [4.78, 5) is 23.6. The summed E-state index contributed by atoms with van der Waals surface area (Å²) in [6, 6.07) is 11.7. The zero-order chi connectivity index (χ0) is 18.9. The van der Waals surface area contributed by atoms with Gasteiger partial charge in [0.25, 0.3) is 0 Å². The van der Waals surface area contributed by atoms with Gasteiger partial charge in [-0.15, -0.1) is 0 Å². The van der Waals surface area contributed by atoms with Gasteiger partial charge in [-0.05, 0) is 29.2 Å². The monoisotopic (exact) mass is 355 g/mol. The summed E-state index contributed by atoms with van der Waals surface area (Å²) in [5.41, 5.74) is 1.49. The summed E-state index contributed by atoms with van der Waals surface area (Å²) in [7, 11) is 0. The molecular weight excluding hydrogens is 334 g/mol. The standard InChI is InChI=1S/C20H21NO5/c1-20(2,3)15-6-4-5-13(9-15)19(22)14-7-8-18(17(10-14)21(23)24)26-12-16-11-25-16/h4-10,16H,11-12H2,1-3H3. The van der Waals surface area contributed by atoms with E-state index in [0.29, 0.717) is 12.2 Å². The fourth-order valence-corrected chi connectivity index (χ4v) is 2.56. The highest BCUT2D eigenvalue weighted by Crippen LogP contribution is 2.30. The number of nitro groups is 1. The van der Waals surface area contributed by atoms with E-state index in [1.54, 1.807) is 12.1 Å². The second kappa shape index (κ2) is 6.88. The van der Waals surface area contributed by atoms with E-state index >= 15 is 0 Å². The summed E-state index contributed by atoms with van der Waals surface area (Å²) >= 11 is 0. The molecule has 6 heteroatoms. The molecule has 1 unspecified atom stereocenters. The fourth-order valence-electron chi connectivity index (χ4n) is 2.56. The molecule has 3 rings (SSSR count). The Bertz CT molecular complexity index is 850. The summed E-state index contributed by atoms with van der Waals surface area (Å²) in [6.07, 6.45) is -0.00366. The Morgan fingerprint density at radius 2 is 1.92 bits per heavy atom. The molecule has 1 aliphatic rings. The molecule has 0 spiro atoms. The third kappa shape index (κ3) is 4.08. The van der Waals surface area contributed by atoms with Crippen molar-refractivity contribution in [2.45, 2.75) is 32.3 Å². The molecule has 1 saturated heterocycles. The van der Waals surface area contributed by atoms with Crippen molar-refractivity contribution in [1.29, 1.82) is 0 Å². The first-order chi connectivity index (χ1) is 12.3. The zero-order valence-electron chi connectivity index (χ0n) is 15.0. The van der Waals surface area contributed by atoms with Gasteiger partial charge in [0.2, 0.25) is 0 Å². The van der Waals surface area contributed by atoms with Crippen LogP contribution < -0.4 is 4.74 Å². The first kappa shape index (κ1) is 18.1. The molecule has 1 aliphatic heterocycles. The number of carbonyl (C=O) groups excluding carboxylic acids is 1. The number of nitro benzene ring substituents is 1. The maximum absolute atomic E-state index is 12.8. The summed E-state index contributed by atoms with van der Waals surface area (Å²) < 4.78 is 10.5. The maximum Gasteiger partial charge on any atom is 0.311 e. The molecule has 0 bridgehead atoms. The van der Waals surface area contributed by atoms with Gasteiger partial charge in [-0.3, -0.25) is 14.9 Å². The molecule has 26 heavy (non-hydrogen) atoms. The Morgan fingerprint density at radius 3 is 2.54 bits per heavy atom. The predicted octanol–water partition coefficient (Wildman–Crippen LogP) is 3.90. The number of rotatable bonds is 6. The number of hydrogen-bond donors (Lipinski definition) is 0. The number of hydrogen-bond acceptors (Lipinski definition) is 5. The zero-order valence-corrected chi connectivity index (χ0v) is 15.0. The van der Waals surface area contributed by atoms with Crippen LogP contribution >= 0.6 is 0 Å². The van der Waals surface area contributed by atoms with Gasteiger partial charge < -0.3 is 9.47 Å². The number of benzene rings is 2. The van der Waals surface area contributed by atoms with Crippen LogP contribution in [0.3, 0.4) is 0 Å². The van der Waals surface area contributed by atoms with E-state index in [1.807, 2.05) is 18.2 Å². The topological polar surface area (TPSA) is 82.0 Å². The first-order valence-electron chi connectivity index (χ1n) is 8.44. The fraction of sp³-hybridized carbons (Fsp3) is 0.350. The minimum atomic E-state index is -0.536. The molecule has 6 nitrogen and oxygen atoms in total. The van der Waals surface area contributed by atoms with Crippen LogP contribution in [0.2, 0.25) is 0 Å². The van der Waals surface area contributed by atoms with Crippen LogP contribution in [0, 0.1) is 10.1 Å². The van der Waals surface area contributed by atoms with E-state index < -0.39 is 4.92 Å². The van der Waals surface area contributed by atoms with Crippen molar-refractivity contribution < 1.29 is 19.2 Å². The lowest BCUT2D eigenvalue weighted by Gasteiger charge is -2.19. The van der Waals surface area contributed by atoms with Crippen molar-refractivity contribution in [3.8, 4) is 5.75 Å². The van der Waals surface area contributed by atoms with Gasteiger partial charge in [-0.1, -0.05) is 39.0 Å². The molecule has 2 aromatic rings. The van der Waals surface area contributed by atoms with Crippen molar-refractivity contribution in [3.63, 3.8) is 0 Å². The average Bonchev–Trinajstić information content (AvgIpc) is 3.43. The molecule has 0 amide bonds. The molecule has 0 saturated carbocycles. The Morgan fingerprint density at radius 1 is 1.23 bits per heavy atom. The van der Waals surface area contributed by atoms with Crippen LogP contribution in [-0.2, 0) is 10.2 Å². The number of epoxide rings is 1. The van der Waals surface area contributed by atoms with Crippen LogP contribution in [0.4, 0.5) is 5.69 Å². The molecule has 0 N–H and O–H groups in total. The number of ether oxygens (including phenoxy) is 2. The number of nitrogens with zero attached hydrogens (tertiary/aromatic N) is 1. The third-order valence-corrected chi connectivity index (χ3v) is 4.24. The lowest BCUT2D eigenvalue weighted by atomic mass is 9.85. The van der Waals surface area contributed by atoms with Crippen molar-refractivity contribution >= 4 is 11.5 Å². The molecule has 136 valence electrons. The molecule has 0 radical (unpaired) electrons. The van der Waals surface area contributed by atoms with Crippen molar-refractivity contribution in [1.82, 2.24) is 0 Å². The molecule has 0 aliphatic carbocycles. The quantitative estimate of drug-likeness (QED) is 0.340. The van der Waals surface area contributed by atoms with E-state index in [-0.39, 0.29) is 40.9 Å². The minimum Gasteiger partial charge on any atom is -0.484 e. The van der Waals surface area contributed by atoms with Crippen LogP contribution in [0.25, 0.3) is 0 Å². The van der Waals surface area contributed by atoms with Crippen LogP contribution in [-0.4, -0.2) is 30.0 Å². The van der Waals surface area contributed by atoms with E-state index in [0.717, 1.165) is 5.56 Å². The molecule has 1 heterocycles. The summed E-state index contributed by atoms with van der Waals surface area (Å²) in [5, 5.41) is 11.4. The number of carbonyl (C=O) groups is 1. The molecule has 1 fully saturated rings. The molecule has 1 atom stereocenters. The largest absolute Gasteiger partial charge is 0.484 e. The molecule has 0 aromatic heterocycles. The SMILES string of the molecule is CC(C)(C)c1cccc(C(=O)c2ccc(OCC3CO3)c([N+](=O)[O-])c2)c1. The average molecular weight is 355 g/mol. The summed E-state index contributed by atoms with van der Waals surface area (Å²) in [5.74, 6) is -0.109. The molecule has 2 aromatic carbocycles. The van der Waals surface area contributed by atoms with Gasteiger partial charge in [0.1, 0.15) is 12.7 Å². The highest BCUT2D eigenvalue weighted by Gasteiger charge is 2.26. The van der Waals surface area contributed by atoms with Crippen molar-refractivity contribution in [3.05, 3.63) is 69.3 Å². The van der Waals surface area contributed by atoms with Crippen LogP contribution in [0.1, 0.15) is 42.3 Å². The van der Waals surface area contributed by atoms with Gasteiger partial charge in [0.15, 0.2) is 11.5 Å². The minimum absolute atomic E-state index is 0.00366. The third-order valence-electron chi connectivity index (χ3n) is 4.24. The summed E-state index contributed by atoms with van der Waals surface area (Å²) in [6.45, 7) is 7.07. The van der Waals surface area contributed by atoms with Gasteiger partial charge >= 0.3 is 5.69 Å². The van der Waals surface area contributed by atoms with Gasteiger partial charge in [0, 0.05) is 17.2 Å². The lowest BCUT2D eigenvalue weighted by Crippen LogP contribution is -2.12.